The van der Waals surface area contributed by atoms with E-state index in [0.717, 1.165) is 5.92 Å². The summed E-state index contributed by atoms with van der Waals surface area (Å²) in [5, 5.41) is 0. The van der Waals surface area contributed by atoms with Crippen molar-refractivity contribution in [3.8, 4) is 0 Å². The molecule has 0 unspecified atom stereocenters. The molecule has 0 N–H and O–H groups in total. The molecule has 1 aromatic heterocycles. The molecule has 0 fully saturated rings. The Bertz CT molecular complexity index is 280. The second kappa shape index (κ2) is 2.89. The van der Waals surface area contributed by atoms with Crippen LogP contribution < -0.4 is 0 Å². The number of aryl methyl sites for hydroxylation is 1. The molecule has 64 valence electrons. The number of hydrogen-bond donors (Lipinski definition) is 0. The van der Waals surface area contributed by atoms with Crippen LogP contribution >= 0.6 is 0 Å². The maximum absolute atomic E-state index is 4.18. The quantitative estimate of drug-likeness (QED) is 0.570. The molecule has 0 radical (unpaired) electrons. The van der Waals surface area contributed by atoms with Crippen LogP contribution in [0, 0.1) is 5.92 Å². The molecule has 0 aliphatic heterocycles. The minimum atomic E-state index is 0.697. The minimum Gasteiger partial charge on any atom is -0.264 e. The lowest BCUT2D eigenvalue weighted by molar-refractivity contribution is 0.425. The standard InChI is InChI=1S/C11H15N/c1-8-3-4-10-5-6-12-7-11(10)9(8)2/h5-9H,3-4H2,1-2H3/t8-,9-/m0/s1. The molecule has 1 aliphatic rings. The smallest absolute Gasteiger partial charge is 0.0305 e. The van der Waals surface area contributed by atoms with Gasteiger partial charge in [0.1, 0.15) is 0 Å². The Labute approximate surface area is 73.8 Å². The SMILES string of the molecule is C[C@@H]1c2cnccc2CC[C@@H]1C. The third kappa shape index (κ3) is 1.13. The third-order valence-corrected chi connectivity index (χ3v) is 3.16. The zero-order valence-electron chi connectivity index (χ0n) is 7.75. The highest BCUT2D eigenvalue weighted by atomic mass is 14.6. The van der Waals surface area contributed by atoms with Crippen LogP contribution in [-0.2, 0) is 6.42 Å². The van der Waals surface area contributed by atoms with E-state index in [1.165, 1.54) is 24.0 Å². The van der Waals surface area contributed by atoms with Crippen LogP contribution in [0.4, 0.5) is 0 Å². The molecule has 0 saturated heterocycles. The number of hydrogen-bond acceptors (Lipinski definition) is 1. The van der Waals surface area contributed by atoms with E-state index in [-0.39, 0.29) is 0 Å². The summed E-state index contributed by atoms with van der Waals surface area (Å²) in [5.41, 5.74) is 2.98. The van der Waals surface area contributed by atoms with E-state index in [0.29, 0.717) is 5.92 Å². The maximum Gasteiger partial charge on any atom is 0.0305 e. The van der Waals surface area contributed by atoms with Gasteiger partial charge in [0.2, 0.25) is 0 Å². The van der Waals surface area contributed by atoms with E-state index in [9.17, 15) is 0 Å². The van der Waals surface area contributed by atoms with Crippen molar-refractivity contribution in [3.63, 3.8) is 0 Å². The van der Waals surface area contributed by atoms with Crippen LogP contribution in [0.15, 0.2) is 18.5 Å². The van der Waals surface area contributed by atoms with E-state index in [1.807, 2.05) is 12.4 Å². The summed E-state index contributed by atoms with van der Waals surface area (Å²) in [4.78, 5) is 4.18. The molecular weight excluding hydrogens is 146 g/mol. The van der Waals surface area contributed by atoms with Crippen molar-refractivity contribution in [1.82, 2.24) is 4.98 Å². The Kier molecular flexibility index (Phi) is 1.87. The molecule has 1 nitrogen and oxygen atoms in total. The van der Waals surface area contributed by atoms with Crippen molar-refractivity contribution >= 4 is 0 Å². The van der Waals surface area contributed by atoms with E-state index in [2.05, 4.69) is 24.9 Å². The number of fused-ring (bicyclic) bond motifs is 1. The highest BCUT2D eigenvalue weighted by Gasteiger charge is 2.22. The van der Waals surface area contributed by atoms with Gasteiger partial charge >= 0.3 is 0 Å². The van der Waals surface area contributed by atoms with Gasteiger partial charge in [-0.25, -0.2) is 0 Å². The average Bonchev–Trinajstić information content (AvgIpc) is 2.12. The van der Waals surface area contributed by atoms with Crippen LogP contribution in [-0.4, -0.2) is 4.98 Å². The molecule has 2 atom stereocenters. The zero-order chi connectivity index (χ0) is 8.55. The summed E-state index contributed by atoms with van der Waals surface area (Å²) in [6.07, 6.45) is 6.51. The Morgan fingerprint density at radius 3 is 3.08 bits per heavy atom. The second-order valence-electron chi connectivity index (χ2n) is 3.88. The van der Waals surface area contributed by atoms with E-state index < -0.39 is 0 Å². The first-order valence-corrected chi connectivity index (χ1v) is 4.72. The van der Waals surface area contributed by atoms with E-state index >= 15 is 0 Å². The molecule has 0 spiro atoms. The Hall–Kier alpha value is -0.850. The molecule has 1 aromatic rings. The molecule has 1 aliphatic carbocycles. The predicted molar refractivity (Wildman–Crippen MR) is 50.1 cm³/mol. The normalized spacial score (nSPS) is 28.2. The van der Waals surface area contributed by atoms with E-state index in [4.69, 9.17) is 0 Å². The summed E-state index contributed by atoms with van der Waals surface area (Å²) in [7, 11) is 0. The molecule has 2 rings (SSSR count). The lowest BCUT2D eigenvalue weighted by atomic mass is 9.78. The fraction of sp³-hybridized carbons (Fsp3) is 0.545. The van der Waals surface area contributed by atoms with Crippen molar-refractivity contribution in [2.24, 2.45) is 5.92 Å². The minimum absolute atomic E-state index is 0.697. The maximum atomic E-state index is 4.18. The van der Waals surface area contributed by atoms with Gasteiger partial charge in [-0.1, -0.05) is 13.8 Å². The van der Waals surface area contributed by atoms with Crippen molar-refractivity contribution in [3.05, 3.63) is 29.6 Å². The van der Waals surface area contributed by atoms with Gasteiger partial charge in [0.25, 0.3) is 0 Å². The van der Waals surface area contributed by atoms with Gasteiger partial charge < -0.3 is 0 Å². The first-order valence-electron chi connectivity index (χ1n) is 4.72. The van der Waals surface area contributed by atoms with Crippen LogP contribution in [0.1, 0.15) is 37.3 Å². The molecule has 0 bridgehead atoms. The summed E-state index contributed by atoms with van der Waals surface area (Å²) < 4.78 is 0. The van der Waals surface area contributed by atoms with Crippen LogP contribution in [0.2, 0.25) is 0 Å². The molecule has 0 saturated carbocycles. The summed E-state index contributed by atoms with van der Waals surface area (Å²) in [6, 6.07) is 2.16. The molecule has 0 aromatic carbocycles. The first-order chi connectivity index (χ1) is 5.79. The van der Waals surface area contributed by atoms with Gasteiger partial charge in [-0.05, 0) is 41.9 Å². The van der Waals surface area contributed by atoms with Crippen LogP contribution in [0.5, 0.6) is 0 Å². The van der Waals surface area contributed by atoms with Gasteiger partial charge in [0, 0.05) is 12.4 Å². The van der Waals surface area contributed by atoms with Gasteiger partial charge in [0.15, 0.2) is 0 Å². The summed E-state index contributed by atoms with van der Waals surface area (Å²) >= 11 is 0. The highest BCUT2D eigenvalue weighted by molar-refractivity contribution is 5.29. The Morgan fingerprint density at radius 1 is 1.42 bits per heavy atom. The average molecular weight is 161 g/mol. The lowest BCUT2D eigenvalue weighted by Gasteiger charge is -2.27. The van der Waals surface area contributed by atoms with Crippen molar-refractivity contribution in [2.45, 2.75) is 32.6 Å². The highest BCUT2D eigenvalue weighted by Crippen LogP contribution is 2.34. The van der Waals surface area contributed by atoms with Crippen LogP contribution in [0.3, 0.4) is 0 Å². The third-order valence-electron chi connectivity index (χ3n) is 3.16. The zero-order valence-corrected chi connectivity index (χ0v) is 7.75. The van der Waals surface area contributed by atoms with Gasteiger partial charge in [-0.3, -0.25) is 4.98 Å². The van der Waals surface area contributed by atoms with E-state index in [1.54, 1.807) is 0 Å². The predicted octanol–water partition coefficient (Wildman–Crippen LogP) is 2.77. The number of pyridine rings is 1. The number of rotatable bonds is 0. The number of aromatic nitrogens is 1. The van der Waals surface area contributed by atoms with Gasteiger partial charge in [-0.2, -0.15) is 0 Å². The summed E-state index contributed by atoms with van der Waals surface area (Å²) in [6.45, 7) is 4.64. The van der Waals surface area contributed by atoms with Gasteiger partial charge in [-0.15, -0.1) is 0 Å². The summed E-state index contributed by atoms with van der Waals surface area (Å²) in [5.74, 6) is 1.52. The molecular formula is C11H15N. The topological polar surface area (TPSA) is 12.9 Å². The molecule has 0 amide bonds. The fourth-order valence-corrected chi connectivity index (χ4v) is 2.01. The van der Waals surface area contributed by atoms with Gasteiger partial charge in [0.05, 0.1) is 0 Å². The first kappa shape index (κ1) is 7.78. The monoisotopic (exact) mass is 161 g/mol. The second-order valence-corrected chi connectivity index (χ2v) is 3.88. The number of nitrogens with zero attached hydrogens (tertiary/aromatic N) is 1. The Balaban J connectivity index is 2.42. The Morgan fingerprint density at radius 2 is 2.25 bits per heavy atom. The molecule has 1 heterocycles. The molecule has 12 heavy (non-hydrogen) atoms. The largest absolute Gasteiger partial charge is 0.264 e. The fourth-order valence-electron chi connectivity index (χ4n) is 2.01. The lowest BCUT2D eigenvalue weighted by Crippen LogP contribution is -2.15. The van der Waals surface area contributed by atoms with Crippen molar-refractivity contribution < 1.29 is 0 Å². The van der Waals surface area contributed by atoms with Crippen molar-refractivity contribution in [1.29, 1.82) is 0 Å². The van der Waals surface area contributed by atoms with Crippen LogP contribution in [0.25, 0.3) is 0 Å². The van der Waals surface area contributed by atoms with Crippen molar-refractivity contribution in [2.75, 3.05) is 0 Å². The molecule has 1 heteroatoms.